The summed E-state index contributed by atoms with van der Waals surface area (Å²) in [5, 5.41) is 11.7. The summed E-state index contributed by atoms with van der Waals surface area (Å²) in [6.07, 6.45) is 1.66. The minimum atomic E-state index is -1.30. The molecule has 0 radical (unpaired) electrons. The summed E-state index contributed by atoms with van der Waals surface area (Å²) >= 11 is 0. The number of carbonyl (C=O) groups is 4. The number of aliphatic carboxylic acids is 1. The van der Waals surface area contributed by atoms with Crippen molar-refractivity contribution in [3.8, 4) is 5.75 Å². The van der Waals surface area contributed by atoms with E-state index in [-0.39, 0.29) is 37.3 Å². The number of nitrogens with zero attached hydrogens (tertiary/aromatic N) is 1. The van der Waals surface area contributed by atoms with E-state index in [1.807, 2.05) is 13.0 Å². The van der Waals surface area contributed by atoms with Crippen LogP contribution in [0.5, 0.6) is 5.75 Å². The van der Waals surface area contributed by atoms with Gasteiger partial charge in [-0.1, -0.05) is 19.9 Å². The summed E-state index contributed by atoms with van der Waals surface area (Å²) in [5.41, 5.74) is 0.455. The molecule has 5 atom stereocenters. The van der Waals surface area contributed by atoms with Gasteiger partial charge < -0.3 is 38.8 Å². The molecule has 6 rings (SSSR count). The molecule has 2 heterocycles. The van der Waals surface area contributed by atoms with Crippen LogP contribution < -0.4 is 10.1 Å². The molecule has 2 amide bonds. The van der Waals surface area contributed by atoms with Crippen LogP contribution >= 0.6 is 0 Å². The zero-order valence-electron chi connectivity index (χ0n) is 30.6. The topological polar surface area (TPSA) is 150 Å². The van der Waals surface area contributed by atoms with E-state index < -0.39 is 53.7 Å². The molecule has 2 aliphatic heterocycles. The average molecular weight is 685 g/mol. The van der Waals surface area contributed by atoms with Gasteiger partial charge in [0, 0.05) is 0 Å². The fraction of sp³-hybridized carbons (Fsp3) is 0.722. The fourth-order valence-corrected chi connectivity index (χ4v) is 7.95. The van der Waals surface area contributed by atoms with Crippen LogP contribution in [0.4, 0.5) is 4.79 Å². The first-order chi connectivity index (χ1) is 22.6. The van der Waals surface area contributed by atoms with Gasteiger partial charge in [-0.25, -0.2) is 9.59 Å². The Hall–Kier alpha value is -3.32. The Balaban J connectivity index is 1.25. The molecule has 5 fully saturated rings. The van der Waals surface area contributed by atoms with E-state index in [1.54, 1.807) is 47.6 Å². The number of benzene rings is 1. The summed E-state index contributed by atoms with van der Waals surface area (Å²) in [4.78, 5) is 51.9. The van der Waals surface area contributed by atoms with Crippen molar-refractivity contribution in [3.05, 3.63) is 28.8 Å². The van der Waals surface area contributed by atoms with Gasteiger partial charge in [0.2, 0.25) is 5.91 Å². The SMILES string of the molecule is Cc1c(CCB2O[C@@H]3C[C@@H]4C[C@@H](C4(C)C)[C@]3(C)O2)ccc(OC2CN(C(=O)[C@@H](CC(=O)O)NC(=O)OC(C)(C)C)C2)c1C(=O)OC(C)(C)C. The van der Waals surface area contributed by atoms with Gasteiger partial charge in [-0.05, 0) is 115 Å². The van der Waals surface area contributed by atoms with Gasteiger partial charge in [0.15, 0.2) is 0 Å². The average Bonchev–Trinajstić information content (AvgIpc) is 3.27. The smallest absolute Gasteiger partial charge is 0.457 e. The Labute approximate surface area is 290 Å². The third-order valence-electron chi connectivity index (χ3n) is 10.6. The van der Waals surface area contributed by atoms with Crippen LogP contribution in [0, 0.1) is 24.2 Å². The zero-order valence-corrected chi connectivity index (χ0v) is 30.6. The molecular formula is C36H53BN2O10. The molecule has 12 nitrogen and oxygen atoms in total. The quantitative estimate of drug-likeness (QED) is 0.249. The Kier molecular flexibility index (Phi) is 9.88. The molecule has 0 spiro atoms. The van der Waals surface area contributed by atoms with Gasteiger partial charge in [-0.3, -0.25) is 9.59 Å². The van der Waals surface area contributed by atoms with Crippen LogP contribution in [-0.4, -0.2) is 89.2 Å². The van der Waals surface area contributed by atoms with Crippen LogP contribution in [0.15, 0.2) is 12.1 Å². The monoisotopic (exact) mass is 684 g/mol. The van der Waals surface area contributed by atoms with Crippen molar-refractivity contribution in [3.63, 3.8) is 0 Å². The number of alkyl carbamates (subject to hydrolysis) is 1. The predicted octanol–water partition coefficient (Wildman–Crippen LogP) is 5.18. The van der Waals surface area contributed by atoms with Crippen molar-refractivity contribution >= 4 is 31.1 Å². The normalized spacial score (nSPS) is 26.5. The molecule has 5 aliphatic rings. The number of rotatable bonds is 10. The molecule has 1 aromatic rings. The molecule has 1 aromatic carbocycles. The Morgan fingerprint density at radius 1 is 1.04 bits per heavy atom. The highest BCUT2D eigenvalue weighted by molar-refractivity contribution is 6.45. The second-order valence-electron chi connectivity index (χ2n) is 16.9. The van der Waals surface area contributed by atoms with Gasteiger partial charge in [-0.2, -0.15) is 0 Å². The number of nitrogens with one attached hydrogen (secondary N) is 1. The second kappa shape index (κ2) is 13.1. The molecule has 0 aromatic heterocycles. The first-order valence-corrected chi connectivity index (χ1v) is 17.4. The molecule has 2 N–H and O–H groups in total. The number of esters is 1. The Bertz CT molecular complexity index is 1480. The Morgan fingerprint density at radius 3 is 2.29 bits per heavy atom. The maximum absolute atomic E-state index is 13.6. The summed E-state index contributed by atoms with van der Waals surface area (Å²) in [6.45, 7) is 19.5. The van der Waals surface area contributed by atoms with E-state index in [9.17, 15) is 24.3 Å². The number of hydrogen-bond acceptors (Lipinski definition) is 9. The van der Waals surface area contributed by atoms with Crippen molar-refractivity contribution in [1.82, 2.24) is 10.2 Å². The van der Waals surface area contributed by atoms with Crippen molar-refractivity contribution in [1.29, 1.82) is 0 Å². The molecule has 0 unspecified atom stereocenters. The molecular weight excluding hydrogens is 631 g/mol. The lowest BCUT2D eigenvalue weighted by Gasteiger charge is -2.64. The lowest BCUT2D eigenvalue weighted by Crippen LogP contribution is -2.65. The number of ether oxygens (including phenoxy) is 3. The van der Waals surface area contributed by atoms with E-state index in [0.29, 0.717) is 35.9 Å². The van der Waals surface area contributed by atoms with Crippen molar-refractivity contribution in [2.45, 2.75) is 136 Å². The number of carbonyl (C=O) groups excluding carboxylic acids is 3. The van der Waals surface area contributed by atoms with Gasteiger partial charge in [0.05, 0.1) is 31.2 Å². The maximum Gasteiger partial charge on any atom is 0.457 e. The van der Waals surface area contributed by atoms with Gasteiger partial charge in [-0.15, -0.1) is 0 Å². The molecule has 270 valence electrons. The summed E-state index contributed by atoms with van der Waals surface area (Å²) in [7, 11) is -0.321. The maximum atomic E-state index is 13.6. The molecule has 3 aliphatic carbocycles. The highest BCUT2D eigenvalue weighted by Crippen LogP contribution is 2.65. The third-order valence-corrected chi connectivity index (χ3v) is 10.6. The van der Waals surface area contributed by atoms with E-state index in [1.165, 1.54) is 11.3 Å². The summed E-state index contributed by atoms with van der Waals surface area (Å²) in [5.74, 6) is -0.809. The molecule has 13 heteroatoms. The number of likely N-dealkylation sites (tertiary alicyclic amines) is 1. The highest BCUT2D eigenvalue weighted by atomic mass is 16.7. The largest absolute Gasteiger partial charge is 0.486 e. The van der Waals surface area contributed by atoms with Gasteiger partial charge >= 0.3 is 25.2 Å². The van der Waals surface area contributed by atoms with E-state index in [0.717, 1.165) is 17.5 Å². The lowest BCUT2D eigenvalue weighted by molar-refractivity contribution is -0.199. The van der Waals surface area contributed by atoms with Crippen molar-refractivity contribution < 1.29 is 47.8 Å². The first-order valence-electron chi connectivity index (χ1n) is 17.4. The molecule has 49 heavy (non-hydrogen) atoms. The third kappa shape index (κ3) is 7.87. The van der Waals surface area contributed by atoms with Gasteiger partial charge in [0.1, 0.15) is 34.7 Å². The lowest BCUT2D eigenvalue weighted by atomic mass is 9.43. The Morgan fingerprint density at radius 2 is 1.69 bits per heavy atom. The summed E-state index contributed by atoms with van der Waals surface area (Å²) in [6, 6.07) is 2.40. The molecule has 2 bridgehead atoms. The molecule has 2 saturated heterocycles. The number of carboxylic acid groups (broad SMARTS) is 1. The van der Waals surface area contributed by atoms with Crippen LogP contribution in [-0.2, 0) is 34.8 Å². The second-order valence-corrected chi connectivity index (χ2v) is 16.9. The minimum absolute atomic E-state index is 0.102. The number of aryl methyl sites for hydroxylation is 1. The van der Waals surface area contributed by atoms with Crippen LogP contribution in [0.3, 0.4) is 0 Å². The van der Waals surface area contributed by atoms with Crippen molar-refractivity contribution in [2.75, 3.05) is 13.1 Å². The predicted molar refractivity (Wildman–Crippen MR) is 181 cm³/mol. The first kappa shape index (κ1) is 37.0. The standard InChI is InChI=1S/C36H53BN2O10/c1-20-21(13-14-37-48-27-16-22-15-26(35(22,8)9)36(27,10)49-37)11-12-25(29(20)31(43)46-33(2,3)4)45-23-18-39(19-23)30(42)24(17-28(40)41)38-32(44)47-34(5,6)7/h11-12,22-24,26-27H,13-19H2,1-10H3,(H,38,44)(H,40,41)/t22-,24+,26-,27+,36-/m0/s1. The summed E-state index contributed by atoms with van der Waals surface area (Å²) < 4.78 is 30.3. The van der Waals surface area contributed by atoms with Crippen LogP contribution in [0.1, 0.15) is 103 Å². The number of carboxylic acids is 1. The van der Waals surface area contributed by atoms with Crippen LogP contribution in [0.2, 0.25) is 6.32 Å². The zero-order chi connectivity index (χ0) is 36.3. The van der Waals surface area contributed by atoms with E-state index in [2.05, 4.69) is 26.1 Å². The fourth-order valence-electron chi connectivity index (χ4n) is 7.95. The number of amides is 2. The van der Waals surface area contributed by atoms with Gasteiger partial charge in [0.25, 0.3) is 0 Å². The van der Waals surface area contributed by atoms with E-state index in [4.69, 9.17) is 23.5 Å². The van der Waals surface area contributed by atoms with E-state index >= 15 is 0 Å². The highest BCUT2D eigenvalue weighted by Gasteiger charge is 2.67. The van der Waals surface area contributed by atoms with Crippen LogP contribution in [0.25, 0.3) is 0 Å². The minimum Gasteiger partial charge on any atom is -0.486 e. The van der Waals surface area contributed by atoms with Crippen molar-refractivity contribution in [2.24, 2.45) is 17.3 Å². The molecule has 3 saturated carbocycles. The number of hydrogen-bond donors (Lipinski definition) is 2.